The molecule has 2 rings (SSSR count). The molecule has 0 unspecified atom stereocenters. The van der Waals surface area contributed by atoms with Crippen molar-refractivity contribution in [1.29, 1.82) is 0 Å². The number of nitrogens with one attached hydrogen (secondary N) is 1. The predicted molar refractivity (Wildman–Crippen MR) is 70.2 cm³/mol. The highest BCUT2D eigenvalue weighted by Crippen LogP contribution is 2.20. The molecule has 0 aliphatic carbocycles. The lowest BCUT2D eigenvalue weighted by molar-refractivity contribution is 1.01. The van der Waals surface area contributed by atoms with Crippen LogP contribution in [0.2, 0.25) is 5.15 Å². The van der Waals surface area contributed by atoms with Crippen LogP contribution in [0.3, 0.4) is 0 Å². The quantitative estimate of drug-likeness (QED) is 0.843. The van der Waals surface area contributed by atoms with Crippen LogP contribution in [0.5, 0.6) is 0 Å². The maximum absolute atomic E-state index is 6.02. The Morgan fingerprint density at radius 2 is 1.94 bits per heavy atom. The normalized spacial score (nSPS) is 10.2. The Morgan fingerprint density at radius 3 is 2.65 bits per heavy atom. The topological polar surface area (TPSA) is 37.8 Å². The summed E-state index contributed by atoms with van der Waals surface area (Å²) in [6, 6.07) is 10.2. The van der Waals surface area contributed by atoms with E-state index in [4.69, 9.17) is 11.6 Å². The molecule has 0 amide bonds. The minimum absolute atomic E-state index is 0.526. The first-order chi connectivity index (χ1) is 8.31. The van der Waals surface area contributed by atoms with Gasteiger partial charge in [0, 0.05) is 12.1 Å². The van der Waals surface area contributed by atoms with Gasteiger partial charge in [0.15, 0.2) is 0 Å². The molecule has 0 fully saturated rings. The van der Waals surface area contributed by atoms with E-state index in [-0.39, 0.29) is 0 Å². The summed E-state index contributed by atoms with van der Waals surface area (Å²) in [6.45, 7) is 2.78. The molecule has 0 bridgehead atoms. The summed E-state index contributed by atoms with van der Waals surface area (Å²) in [5.74, 6) is 0.816. The van der Waals surface area contributed by atoms with E-state index in [0.29, 0.717) is 5.15 Å². The molecule has 0 aliphatic heterocycles. The van der Waals surface area contributed by atoms with Crippen molar-refractivity contribution >= 4 is 17.4 Å². The van der Waals surface area contributed by atoms with E-state index in [1.807, 2.05) is 25.1 Å². The highest BCUT2D eigenvalue weighted by Gasteiger charge is 2.07. The number of hydrogen-bond donors (Lipinski definition) is 1. The lowest BCUT2D eigenvalue weighted by Gasteiger charge is -2.10. The van der Waals surface area contributed by atoms with E-state index in [9.17, 15) is 0 Å². The zero-order valence-electron chi connectivity index (χ0n) is 9.65. The third-order valence-electron chi connectivity index (χ3n) is 2.55. The summed E-state index contributed by atoms with van der Waals surface area (Å²) in [6.07, 6.45) is 2.30. The fourth-order valence-corrected chi connectivity index (χ4v) is 1.90. The zero-order chi connectivity index (χ0) is 12.1. The van der Waals surface area contributed by atoms with Crippen LogP contribution in [-0.2, 0) is 13.0 Å². The summed E-state index contributed by atoms with van der Waals surface area (Å²) >= 11 is 6.02. The first kappa shape index (κ1) is 11.9. The molecule has 4 heteroatoms. The summed E-state index contributed by atoms with van der Waals surface area (Å²) in [5.41, 5.74) is 2.18. The van der Waals surface area contributed by atoms with Crippen LogP contribution >= 0.6 is 11.6 Å². The molecule has 0 radical (unpaired) electrons. The van der Waals surface area contributed by atoms with Crippen molar-refractivity contribution < 1.29 is 0 Å². The molecule has 0 saturated heterocycles. The molecule has 0 spiro atoms. The van der Waals surface area contributed by atoms with Gasteiger partial charge in [-0.05, 0) is 12.0 Å². The molecule has 3 nitrogen and oxygen atoms in total. The molecule has 1 heterocycles. The van der Waals surface area contributed by atoms with Gasteiger partial charge in [-0.15, -0.1) is 0 Å². The summed E-state index contributed by atoms with van der Waals surface area (Å²) < 4.78 is 0. The van der Waals surface area contributed by atoms with Crippen molar-refractivity contribution in [2.45, 2.75) is 19.9 Å². The summed E-state index contributed by atoms with van der Waals surface area (Å²) in [4.78, 5) is 8.20. The van der Waals surface area contributed by atoms with Crippen molar-refractivity contribution in [3.8, 4) is 0 Å². The highest BCUT2D eigenvalue weighted by molar-refractivity contribution is 6.30. The van der Waals surface area contributed by atoms with Gasteiger partial charge in [0.05, 0.1) is 0 Å². The molecule has 1 N–H and O–H groups in total. The molecular weight excluding hydrogens is 234 g/mol. The van der Waals surface area contributed by atoms with E-state index in [1.165, 1.54) is 11.9 Å². The van der Waals surface area contributed by atoms with Gasteiger partial charge in [-0.1, -0.05) is 48.9 Å². The number of benzene rings is 1. The van der Waals surface area contributed by atoms with Gasteiger partial charge in [0.1, 0.15) is 17.3 Å². The Kier molecular flexibility index (Phi) is 3.94. The maximum atomic E-state index is 6.02. The van der Waals surface area contributed by atoms with Crippen LogP contribution in [0.25, 0.3) is 0 Å². The minimum atomic E-state index is 0.526. The molecule has 1 aromatic heterocycles. The largest absolute Gasteiger partial charge is 0.366 e. The molecule has 2 aromatic rings. The summed E-state index contributed by atoms with van der Waals surface area (Å²) in [7, 11) is 0. The van der Waals surface area contributed by atoms with E-state index >= 15 is 0 Å². The standard InChI is InChI=1S/C13H14ClN3/c1-2-11-12(14)16-9-17-13(11)15-8-10-6-4-3-5-7-10/h3-7,9H,2,8H2,1H3,(H,15,16,17). The van der Waals surface area contributed by atoms with Gasteiger partial charge in [-0.2, -0.15) is 0 Å². The van der Waals surface area contributed by atoms with Gasteiger partial charge in [-0.25, -0.2) is 9.97 Å². The van der Waals surface area contributed by atoms with Gasteiger partial charge in [0.25, 0.3) is 0 Å². The van der Waals surface area contributed by atoms with Gasteiger partial charge in [-0.3, -0.25) is 0 Å². The lowest BCUT2D eigenvalue weighted by Crippen LogP contribution is -2.05. The minimum Gasteiger partial charge on any atom is -0.366 e. The number of nitrogens with zero attached hydrogens (tertiary/aromatic N) is 2. The van der Waals surface area contributed by atoms with Crippen molar-refractivity contribution in [1.82, 2.24) is 9.97 Å². The second-order valence-electron chi connectivity index (χ2n) is 3.68. The Bertz CT molecular complexity index is 485. The van der Waals surface area contributed by atoms with Gasteiger partial charge < -0.3 is 5.32 Å². The second-order valence-corrected chi connectivity index (χ2v) is 4.04. The monoisotopic (exact) mass is 247 g/mol. The molecule has 0 atom stereocenters. The lowest BCUT2D eigenvalue weighted by atomic mass is 10.2. The van der Waals surface area contributed by atoms with Crippen LogP contribution in [0.4, 0.5) is 5.82 Å². The number of anilines is 1. The fraction of sp³-hybridized carbons (Fsp3) is 0.231. The first-order valence-electron chi connectivity index (χ1n) is 5.58. The molecule has 1 aromatic carbocycles. The molecule has 17 heavy (non-hydrogen) atoms. The fourth-order valence-electron chi connectivity index (χ4n) is 1.64. The second kappa shape index (κ2) is 5.64. The third kappa shape index (κ3) is 2.94. The smallest absolute Gasteiger partial charge is 0.137 e. The Morgan fingerprint density at radius 1 is 1.18 bits per heavy atom. The van der Waals surface area contributed by atoms with Crippen LogP contribution in [0.15, 0.2) is 36.7 Å². The van der Waals surface area contributed by atoms with Crippen molar-refractivity contribution in [3.63, 3.8) is 0 Å². The van der Waals surface area contributed by atoms with Crippen LogP contribution < -0.4 is 5.32 Å². The number of hydrogen-bond acceptors (Lipinski definition) is 3. The average Bonchev–Trinajstić information content (AvgIpc) is 2.37. The Hall–Kier alpha value is -1.61. The van der Waals surface area contributed by atoms with E-state index in [1.54, 1.807) is 0 Å². The summed E-state index contributed by atoms with van der Waals surface area (Å²) in [5, 5.41) is 3.81. The van der Waals surface area contributed by atoms with Crippen LogP contribution in [0, 0.1) is 0 Å². The van der Waals surface area contributed by atoms with E-state index in [2.05, 4.69) is 27.4 Å². The Labute approximate surface area is 106 Å². The number of rotatable bonds is 4. The molecule has 0 saturated carbocycles. The van der Waals surface area contributed by atoms with Crippen molar-refractivity contribution in [2.24, 2.45) is 0 Å². The van der Waals surface area contributed by atoms with Crippen molar-refractivity contribution in [3.05, 3.63) is 52.9 Å². The van der Waals surface area contributed by atoms with Gasteiger partial charge >= 0.3 is 0 Å². The van der Waals surface area contributed by atoms with Crippen molar-refractivity contribution in [2.75, 3.05) is 5.32 Å². The van der Waals surface area contributed by atoms with E-state index in [0.717, 1.165) is 24.3 Å². The molecular formula is C13H14ClN3. The van der Waals surface area contributed by atoms with Crippen LogP contribution in [0.1, 0.15) is 18.1 Å². The third-order valence-corrected chi connectivity index (χ3v) is 2.87. The first-order valence-corrected chi connectivity index (χ1v) is 5.96. The van der Waals surface area contributed by atoms with E-state index < -0.39 is 0 Å². The van der Waals surface area contributed by atoms with Gasteiger partial charge in [0.2, 0.25) is 0 Å². The average molecular weight is 248 g/mol. The molecule has 88 valence electrons. The Balaban J connectivity index is 2.12. The highest BCUT2D eigenvalue weighted by atomic mass is 35.5. The predicted octanol–water partition coefficient (Wildman–Crippen LogP) is 3.30. The SMILES string of the molecule is CCc1c(Cl)ncnc1NCc1ccccc1. The number of halogens is 1. The number of aromatic nitrogens is 2. The van der Waals surface area contributed by atoms with Crippen LogP contribution in [-0.4, -0.2) is 9.97 Å². The molecule has 0 aliphatic rings. The maximum Gasteiger partial charge on any atom is 0.137 e. The zero-order valence-corrected chi connectivity index (χ0v) is 10.4.